The number of benzene rings is 1. The number of hydrogen-bond donors (Lipinski definition) is 2. The molecule has 1 unspecified atom stereocenters. The summed E-state index contributed by atoms with van der Waals surface area (Å²) in [5.74, 6) is 0. The number of carbonyl (C=O) groups excluding carboxylic acids is 2. The zero-order valence-electron chi connectivity index (χ0n) is 14.6. The fraction of sp³-hybridized carbons (Fsp3) is 0.500. The third-order valence-electron chi connectivity index (χ3n) is 4.26. The second-order valence-electron chi connectivity index (χ2n) is 6.03. The van der Waals surface area contributed by atoms with Crippen LogP contribution < -0.4 is 10.6 Å². The number of amides is 3. The molecule has 0 bridgehead atoms. The summed E-state index contributed by atoms with van der Waals surface area (Å²) in [6.45, 7) is 5.20. The van der Waals surface area contributed by atoms with Crippen LogP contribution >= 0.6 is 0 Å². The molecule has 0 spiro atoms. The lowest BCUT2D eigenvalue weighted by Gasteiger charge is -2.33. The summed E-state index contributed by atoms with van der Waals surface area (Å²) >= 11 is 0. The molecule has 1 saturated heterocycles. The Morgan fingerprint density at radius 1 is 1.32 bits per heavy atom. The molecule has 1 heterocycles. The summed E-state index contributed by atoms with van der Waals surface area (Å²) < 4.78 is 4.87. The van der Waals surface area contributed by atoms with Crippen LogP contribution in [0.2, 0.25) is 0 Å². The fourth-order valence-corrected chi connectivity index (χ4v) is 2.77. The highest BCUT2D eigenvalue weighted by molar-refractivity contribution is 5.75. The highest BCUT2D eigenvalue weighted by Crippen LogP contribution is 2.15. The van der Waals surface area contributed by atoms with Gasteiger partial charge in [-0.1, -0.05) is 12.1 Å². The Kier molecular flexibility index (Phi) is 6.63. The number of likely N-dealkylation sites (tertiary alicyclic amines) is 1. The average molecular weight is 344 g/mol. The number of urea groups is 1. The van der Waals surface area contributed by atoms with Gasteiger partial charge < -0.3 is 20.3 Å². The quantitative estimate of drug-likeness (QED) is 0.877. The monoisotopic (exact) mass is 344 g/mol. The van der Waals surface area contributed by atoms with Gasteiger partial charge in [0, 0.05) is 19.1 Å². The number of rotatable bonds is 4. The van der Waals surface area contributed by atoms with Crippen molar-refractivity contribution in [3.8, 4) is 6.07 Å². The smallest absolute Gasteiger partial charge is 0.407 e. The van der Waals surface area contributed by atoms with E-state index in [2.05, 4.69) is 16.7 Å². The maximum atomic E-state index is 12.4. The molecule has 7 nitrogen and oxygen atoms in total. The standard InChI is InChI=1S/C18H24N4O3/c1-3-25-18(24)21-16-8-10-22(11-9-16)17(23)20-13(2)15-6-4-14(12-19)5-7-15/h4-7,13,16H,3,8-11H2,1-2H3,(H,20,23)(H,21,24). The van der Waals surface area contributed by atoms with E-state index in [1.165, 1.54) is 0 Å². The van der Waals surface area contributed by atoms with E-state index in [1.807, 2.05) is 19.1 Å². The molecule has 0 saturated carbocycles. The molecule has 7 heteroatoms. The number of hydrogen-bond acceptors (Lipinski definition) is 4. The third-order valence-corrected chi connectivity index (χ3v) is 4.26. The van der Waals surface area contributed by atoms with Gasteiger partial charge in [-0.25, -0.2) is 9.59 Å². The molecule has 1 atom stereocenters. The van der Waals surface area contributed by atoms with Crippen molar-refractivity contribution in [2.24, 2.45) is 0 Å². The zero-order valence-corrected chi connectivity index (χ0v) is 14.6. The molecule has 1 aliphatic heterocycles. The number of carbonyl (C=O) groups is 2. The summed E-state index contributed by atoms with van der Waals surface area (Å²) in [6.07, 6.45) is 1.01. The highest BCUT2D eigenvalue weighted by atomic mass is 16.5. The molecule has 0 radical (unpaired) electrons. The molecule has 25 heavy (non-hydrogen) atoms. The van der Waals surface area contributed by atoms with E-state index in [0.717, 1.165) is 5.56 Å². The van der Waals surface area contributed by atoms with Crippen molar-refractivity contribution in [1.29, 1.82) is 5.26 Å². The molecule has 1 aromatic rings. The second-order valence-corrected chi connectivity index (χ2v) is 6.03. The van der Waals surface area contributed by atoms with Crippen LogP contribution in [-0.2, 0) is 4.74 Å². The number of nitriles is 1. The Morgan fingerprint density at radius 3 is 2.52 bits per heavy atom. The Morgan fingerprint density at radius 2 is 1.96 bits per heavy atom. The molecular formula is C18H24N4O3. The minimum atomic E-state index is -0.403. The van der Waals surface area contributed by atoms with Crippen LogP contribution in [0.15, 0.2) is 24.3 Å². The van der Waals surface area contributed by atoms with Gasteiger partial charge in [0.05, 0.1) is 24.3 Å². The molecule has 0 aromatic heterocycles. The molecule has 134 valence electrons. The van der Waals surface area contributed by atoms with E-state index in [-0.39, 0.29) is 18.1 Å². The molecule has 2 rings (SSSR count). The van der Waals surface area contributed by atoms with E-state index < -0.39 is 6.09 Å². The summed E-state index contributed by atoms with van der Waals surface area (Å²) in [7, 11) is 0. The number of nitrogens with one attached hydrogen (secondary N) is 2. The maximum absolute atomic E-state index is 12.4. The van der Waals surface area contributed by atoms with Gasteiger partial charge in [0.1, 0.15) is 0 Å². The summed E-state index contributed by atoms with van der Waals surface area (Å²) in [4.78, 5) is 25.6. The van der Waals surface area contributed by atoms with Gasteiger partial charge in [-0.3, -0.25) is 0 Å². The summed E-state index contributed by atoms with van der Waals surface area (Å²) in [6, 6.07) is 9.03. The zero-order chi connectivity index (χ0) is 18.2. The lowest BCUT2D eigenvalue weighted by atomic mass is 10.1. The summed E-state index contributed by atoms with van der Waals surface area (Å²) in [5.41, 5.74) is 1.55. The predicted molar refractivity (Wildman–Crippen MR) is 92.9 cm³/mol. The molecule has 1 fully saturated rings. The first-order valence-corrected chi connectivity index (χ1v) is 8.52. The van der Waals surface area contributed by atoms with Crippen molar-refractivity contribution in [2.45, 2.75) is 38.8 Å². The van der Waals surface area contributed by atoms with Gasteiger partial charge in [-0.15, -0.1) is 0 Å². The van der Waals surface area contributed by atoms with E-state index in [9.17, 15) is 9.59 Å². The average Bonchev–Trinajstić information content (AvgIpc) is 2.62. The SMILES string of the molecule is CCOC(=O)NC1CCN(C(=O)NC(C)c2ccc(C#N)cc2)CC1. The molecule has 2 N–H and O–H groups in total. The van der Waals surface area contributed by atoms with Gasteiger partial charge in [0.2, 0.25) is 0 Å². The van der Waals surface area contributed by atoms with Gasteiger partial charge in [0.15, 0.2) is 0 Å². The van der Waals surface area contributed by atoms with Crippen LogP contribution in [0, 0.1) is 11.3 Å². The lowest BCUT2D eigenvalue weighted by molar-refractivity contribution is 0.138. The van der Waals surface area contributed by atoms with Crippen LogP contribution in [0.25, 0.3) is 0 Å². The van der Waals surface area contributed by atoms with Crippen LogP contribution in [0.5, 0.6) is 0 Å². The lowest BCUT2D eigenvalue weighted by Crippen LogP contribution is -2.49. The Hall–Kier alpha value is -2.75. The molecular weight excluding hydrogens is 320 g/mol. The molecule has 1 aliphatic rings. The summed E-state index contributed by atoms with van der Waals surface area (Å²) in [5, 5.41) is 14.6. The first kappa shape index (κ1) is 18.6. The Labute approximate surface area is 147 Å². The van der Waals surface area contributed by atoms with Crippen molar-refractivity contribution in [3.05, 3.63) is 35.4 Å². The third kappa shape index (κ3) is 5.38. The van der Waals surface area contributed by atoms with E-state index >= 15 is 0 Å². The first-order chi connectivity index (χ1) is 12.0. The van der Waals surface area contributed by atoms with Crippen LogP contribution in [0.4, 0.5) is 9.59 Å². The molecule has 3 amide bonds. The second kappa shape index (κ2) is 8.92. The Balaban J connectivity index is 1.79. The van der Waals surface area contributed by atoms with Crippen LogP contribution in [-0.4, -0.2) is 42.8 Å². The largest absolute Gasteiger partial charge is 0.450 e. The predicted octanol–water partition coefficient (Wildman–Crippen LogP) is 2.54. The topological polar surface area (TPSA) is 94.5 Å². The molecule has 1 aromatic carbocycles. The minimum Gasteiger partial charge on any atom is -0.450 e. The van der Waals surface area contributed by atoms with Crippen molar-refractivity contribution < 1.29 is 14.3 Å². The van der Waals surface area contributed by atoms with E-state index in [0.29, 0.717) is 38.1 Å². The number of nitrogens with zero attached hydrogens (tertiary/aromatic N) is 2. The minimum absolute atomic E-state index is 0.0408. The maximum Gasteiger partial charge on any atom is 0.407 e. The Bertz CT molecular complexity index is 631. The van der Waals surface area contributed by atoms with Gasteiger partial charge in [-0.2, -0.15) is 5.26 Å². The number of alkyl carbamates (subject to hydrolysis) is 1. The van der Waals surface area contributed by atoms with Crippen LogP contribution in [0.1, 0.15) is 43.9 Å². The van der Waals surface area contributed by atoms with Crippen molar-refractivity contribution in [1.82, 2.24) is 15.5 Å². The van der Waals surface area contributed by atoms with Gasteiger partial charge in [0.25, 0.3) is 0 Å². The number of piperidine rings is 1. The van der Waals surface area contributed by atoms with Crippen molar-refractivity contribution in [3.63, 3.8) is 0 Å². The van der Waals surface area contributed by atoms with Gasteiger partial charge in [-0.05, 0) is 44.4 Å². The number of ether oxygens (including phenoxy) is 1. The van der Waals surface area contributed by atoms with Crippen molar-refractivity contribution >= 4 is 12.1 Å². The van der Waals surface area contributed by atoms with E-state index in [1.54, 1.807) is 24.0 Å². The van der Waals surface area contributed by atoms with Gasteiger partial charge >= 0.3 is 12.1 Å². The van der Waals surface area contributed by atoms with Crippen molar-refractivity contribution in [2.75, 3.05) is 19.7 Å². The fourth-order valence-electron chi connectivity index (χ4n) is 2.77. The normalized spacial score (nSPS) is 15.8. The van der Waals surface area contributed by atoms with Crippen LogP contribution in [0.3, 0.4) is 0 Å². The molecule has 0 aliphatic carbocycles. The highest BCUT2D eigenvalue weighted by Gasteiger charge is 2.25. The first-order valence-electron chi connectivity index (χ1n) is 8.52. The van der Waals surface area contributed by atoms with E-state index in [4.69, 9.17) is 10.00 Å².